The maximum absolute atomic E-state index is 13.5. The Morgan fingerprint density at radius 3 is 2.38 bits per heavy atom. The van der Waals surface area contributed by atoms with Crippen LogP contribution in [0.25, 0.3) is 11.3 Å². The van der Waals surface area contributed by atoms with Gasteiger partial charge in [0.25, 0.3) is 5.91 Å². The first-order valence-corrected chi connectivity index (χ1v) is 16.3. The molecule has 0 saturated carbocycles. The second kappa shape index (κ2) is 19.8. The predicted octanol–water partition coefficient (Wildman–Crippen LogP) is 6.28. The molecular weight excluding hydrogens is 602 g/mol. The van der Waals surface area contributed by atoms with E-state index < -0.39 is 23.8 Å². The largest absolute Gasteiger partial charge is 0.494 e. The second-order valence-electron chi connectivity index (χ2n) is 11.2. The fourth-order valence-electron chi connectivity index (χ4n) is 5.17. The van der Waals surface area contributed by atoms with Gasteiger partial charge in [-0.1, -0.05) is 76.8 Å². The minimum atomic E-state index is -0.541. The third-order valence-electron chi connectivity index (χ3n) is 7.58. The van der Waals surface area contributed by atoms with E-state index in [0.717, 1.165) is 37.7 Å². The lowest BCUT2D eigenvalue weighted by molar-refractivity contribution is -0.201. The van der Waals surface area contributed by atoms with Crippen LogP contribution in [-0.2, 0) is 25.8 Å². The van der Waals surface area contributed by atoms with Crippen LogP contribution in [0.5, 0.6) is 5.75 Å². The van der Waals surface area contributed by atoms with Gasteiger partial charge in [-0.15, -0.1) is 0 Å². The van der Waals surface area contributed by atoms with Gasteiger partial charge < -0.3 is 24.5 Å². The van der Waals surface area contributed by atoms with Crippen LogP contribution in [0.4, 0.5) is 0 Å². The number of ether oxygens (including phenoxy) is 2. The second-order valence-corrected chi connectivity index (χ2v) is 11.2. The molecule has 0 bridgehead atoms. The molecular formula is C36H47N3O8. The van der Waals surface area contributed by atoms with Gasteiger partial charge in [-0.05, 0) is 55.2 Å². The Labute approximate surface area is 276 Å². The molecule has 3 rings (SSSR count). The van der Waals surface area contributed by atoms with Gasteiger partial charge in [0.2, 0.25) is 12.3 Å². The number of esters is 1. The number of nitrogens with one attached hydrogen (secondary N) is 2. The van der Waals surface area contributed by atoms with Crippen molar-refractivity contribution in [3.8, 4) is 17.1 Å². The average Bonchev–Trinajstić information content (AvgIpc) is 3.60. The lowest BCUT2D eigenvalue weighted by Crippen LogP contribution is -2.48. The topological polar surface area (TPSA) is 136 Å². The van der Waals surface area contributed by atoms with E-state index in [1.807, 2.05) is 44.2 Å². The van der Waals surface area contributed by atoms with Crippen molar-refractivity contribution in [2.24, 2.45) is 5.92 Å². The van der Waals surface area contributed by atoms with Gasteiger partial charge in [0.15, 0.2) is 5.76 Å². The van der Waals surface area contributed by atoms with Crippen LogP contribution in [-0.4, -0.2) is 55.7 Å². The standard InChI is InChI=1S/C36H47N3O8/c1-5-8-10-16-30(31(13-6-2)39(25-40)46-23-26-14-11-9-12-15-26)34(41)37-24-38-35(42)33-18-17-32(47-33)27-20-28(36(43)44-4)22-29(21-27)45-19-7-3/h9,11-12,14-15,17-18,20-22,25,30-31H,5-8,10,13,16,19,23-24H2,1-4H3,(H,37,41)(H,38,42)/t30-,31-/m1/s1. The van der Waals surface area contributed by atoms with Gasteiger partial charge in [0, 0.05) is 5.56 Å². The number of hydroxylamine groups is 2. The van der Waals surface area contributed by atoms with Crippen molar-refractivity contribution in [2.45, 2.75) is 78.4 Å². The Hall–Kier alpha value is -4.64. The number of methoxy groups -OCH3 is 1. The quantitative estimate of drug-likeness (QED) is 0.0453. The zero-order chi connectivity index (χ0) is 34.0. The maximum Gasteiger partial charge on any atom is 0.338 e. The van der Waals surface area contributed by atoms with Crippen LogP contribution >= 0.6 is 0 Å². The fraction of sp³-hybridized carbons (Fsp3) is 0.444. The Bertz CT molecular complexity index is 1420. The summed E-state index contributed by atoms with van der Waals surface area (Å²) < 4.78 is 16.4. The first-order valence-electron chi connectivity index (χ1n) is 16.3. The molecule has 1 aromatic heterocycles. The summed E-state index contributed by atoms with van der Waals surface area (Å²) in [5.74, 6) is -1.02. The average molecular weight is 650 g/mol. The van der Waals surface area contributed by atoms with Crippen molar-refractivity contribution in [2.75, 3.05) is 20.4 Å². The van der Waals surface area contributed by atoms with Gasteiger partial charge in [0.05, 0.1) is 37.9 Å². The van der Waals surface area contributed by atoms with E-state index in [-0.39, 0.29) is 30.5 Å². The summed E-state index contributed by atoms with van der Waals surface area (Å²) in [4.78, 5) is 56.8. The summed E-state index contributed by atoms with van der Waals surface area (Å²) in [6.45, 7) is 6.58. The molecule has 2 aromatic carbocycles. The van der Waals surface area contributed by atoms with Crippen molar-refractivity contribution in [1.29, 1.82) is 0 Å². The Balaban J connectivity index is 1.68. The smallest absolute Gasteiger partial charge is 0.338 e. The maximum atomic E-state index is 13.5. The molecule has 0 radical (unpaired) electrons. The van der Waals surface area contributed by atoms with E-state index in [2.05, 4.69) is 17.6 Å². The lowest BCUT2D eigenvalue weighted by atomic mass is 9.89. The van der Waals surface area contributed by atoms with Gasteiger partial charge in [-0.25, -0.2) is 9.86 Å². The number of nitrogens with zero attached hydrogens (tertiary/aromatic N) is 1. The van der Waals surface area contributed by atoms with Crippen molar-refractivity contribution >= 4 is 24.2 Å². The molecule has 0 saturated heterocycles. The van der Waals surface area contributed by atoms with Crippen molar-refractivity contribution < 1.29 is 37.9 Å². The molecule has 11 nitrogen and oxygen atoms in total. The third-order valence-corrected chi connectivity index (χ3v) is 7.58. The molecule has 0 aliphatic rings. The number of hydrogen-bond acceptors (Lipinski definition) is 8. The van der Waals surface area contributed by atoms with E-state index in [1.54, 1.807) is 24.3 Å². The summed E-state index contributed by atoms with van der Waals surface area (Å²) in [5, 5.41) is 6.76. The monoisotopic (exact) mass is 649 g/mol. The normalized spacial score (nSPS) is 12.1. The molecule has 2 atom stereocenters. The Morgan fingerprint density at radius 1 is 0.915 bits per heavy atom. The summed E-state index contributed by atoms with van der Waals surface area (Å²) >= 11 is 0. The fourth-order valence-corrected chi connectivity index (χ4v) is 5.17. The molecule has 254 valence electrons. The first kappa shape index (κ1) is 36.8. The highest BCUT2D eigenvalue weighted by molar-refractivity contribution is 5.93. The van der Waals surface area contributed by atoms with Crippen LogP contribution in [0.15, 0.2) is 65.1 Å². The number of carbonyl (C=O) groups excluding carboxylic acids is 4. The van der Waals surface area contributed by atoms with Crippen LogP contribution in [0.2, 0.25) is 0 Å². The highest BCUT2D eigenvalue weighted by atomic mass is 16.7. The molecule has 1 heterocycles. The molecule has 0 fully saturated rings. The van der Waals surface area contributed by atoms with E-state index in [9.17, 15) is 19.2 Å². The van der Waals surface area contributed by atoms with E-state index >= 15 is 0 Å². The number of rotatable bonds is 21. The number of benzene rings is 2. The SMILES string of the molecule is CCCCC[C@@H](C(=O)NCNC(=O)c1ccc(-c2cc(OCCC)cc(C(=O)OC)c2)o1)[C@@H](CCC)N(C=O)OCc1ccccc1. The van der Waals surface area contributed by atoms with E-state index in [4.69, 9.17) is 18.7 Å². The molecule has 11 heteroatoms. The van der Waals surface area contributed by atoms with Gasteiger partial charge in [-0.3, -0.25) is 19.2 Å². The zero-order valence-corrected chi connectivity index (χ0v) is 27.8. The van der Waals surface area contributed by atoms with Gasteiger partial charge >= 0.3 is 5.97 Å². The highest BCUT2D eigenvalue weighted by Gasteiger charge is 2.32. The molecule has 0 aliphatic carbocycles. The Kier molecular flexibility index (Phi) is 15.5. The zero-order valence-electron chi connectivity index (χ0n) is 27.8. The Morgan fingerprint density at radius 2 is 1.70 bits per heavy atom. The minimum Gasteiger partial charge on any atom is -0.494 e. The van der Waals surface area contributed by atoms with Crippen molar-refractivity contribution in [1.82, 2.24) is 15.7 Å². The summed E-state index contributed by atoms with van der Waals surface area (Å²) in [7, 11) is 1.30. The number of furan rings is 1. The van der Waals surface area contributed by atoms with E-state index in [1.165, 1.54) is 18.2 Å². The van der Waals surface area contributed by atoms with Crippen molar-refractivity contribution in [3.63, 3.8) is 0 Å². The summed E-state index contributed by atoms with van der Waals surface area (Å²) in [6.07, 6.45) is 6.04. The van der Waals surface area contributed by atoms with Crippen LogP contribution in [0, 0.1) is 5.92 Å². The summed E-state index contributed by atoms with van der Waals surface area (Å²) in [6, 6.07) is 17.1. The van der Waals surface area contributed by atoms with Crippen LogP contribution in [0.3, 0.4) is 0 Å². The molecule has 3 aromatic rings. The number of unbranched alkanes of at least 4 members (excludes halogenated alkanes) is 2. The predicted molar refractivity (Wildman–Crippen MR) is 177 cm³/mol. The van der Waals surface area contributed by atoms with E-state index in [0.29, 0.717) is 42.9 Å². The van der Waals surface area contributed by atoms with Gasteiger partial charge in [0.1, 0.15) is 18.1 Å². The van der Waals surface area contributed by atoms with Gasteiger partial charge in [-0.2, -0.15) is 0 Å². The molecule has 0 unspecified atom stereocenters. The number of amides is 3. The van der Waals surface area contributed by atoms with Crippen molar-refractivity contribution in [3.05, 3.63) is 77.6 Å². The van der Waals surface area contributed by atoms with Crippen LogP contribution < -0.4 is 15.4 Å². The number of carbonyl (C=O) groups is 4. The number of hydrogen-bond donors (Lipinski definition) is 2. The third kappa shape index (κ3) is 11.3. The molecule has 47 heavy (non-hydrogen) atoms. The first-order chi connectivity index (χ1) is 22.8. The highest BCUT2D eigenvalue weighted by Crippen LogP contribution is 2.29. The lowest BCUT2D eigenvalue weighted by Gasteiger charge is -2.33. The molecule has 0 spiro atoms. The molecule has 2 N–H and O–H groups in total. The minimum absolute atomic E-state index is 0.0264. The van der Waals surface area contributed by atoms with Crippen LogP contribution in [0.1, 0.15) is 92.2 Å². The molecule has 0 aliphatic heterocycles. The summed E-state index contributed by atoms with van der Waals surface area (Å²) in [5.41, 5.74) is 1.74. The molecule has 3 amide bonds.